The molecule has 0 fully saturated rings. The number of rotatable bonds is 6. The first kappa shape index (κ1) is 21.0. The van der Waals surface area contributed by atoms with Crippen LogP contribution in [0.3, 0.4) is 0 Å². The van der Waals surface area contributed by atoms with Crippen LogP contribution in [0.4, 0.5) is 5.69 Å². The van der Waals surface area contributed by atoms with Crippen molar-refractivity contribution in [2.45, 2.75) is 0 Å². The molecule has 0 atom stereocenters. The minimum atomic E-state index is -0.342. The summed E-state index contributed by atoms with van der Waals surface area (Å²) in [4.78, 5) is 17.8. The zero-order valence-electron chi connectivity index (χ0n) is 17.9. The third-order valence-corrected chi connectivity index (χ3v) is 5.13. The molecule has 0 saturated carbocycles. The SMILES string of the molecule is COc1cccc(-n2c(O)c(C=Nc3ccc(OC)cc3OC)c3ccccc3c2=O)c1. The number of hydrogen-bond donors (Lipinski definition) is 1. The molecular weight excluding hydrogens is 408 g/mol. The quantitative estimate of drug-likeness (QED) is 0.456. The molecule has 0 bridgehead atoms. The molecule has 0 aliphatic carbocycles. The van der Waals surface area contributed by atoms with E-state index in [0.29, 0.717) is 45.0 Å². The van der Waals surface area contributed by atoms with E-state index in [0.717, 1.165) is 0 Å². The molecule has 0 radical (unpaired) electrons. The molecule has 7 heteroatoms. The summed E-state index contributed by atoms with van der Waals surface area (Å²) >= 11 is 0. The van der Waals surface area contributed by atoms with E-state index < -0.39 is 0 Å². The van der Waals surface area contributed by atoms with Gasteiger partial charge in [-0.3, -0.25) is 9.79 Å². The number of ether oxygens (including phenoxy) is 3. The molecule has 0 aliphatic rings. The molecule has 4 rings (SSSR count). The highest BCUT2D eigenvalue weighted by molar-refractivity contribution is 6.02. The lowest BCUT2D eigenvalue weighted by atomic mass is 10.1. The Balaban J connectivity index is 1.94. The maximum absolute atomic E-state index is 13.2. The van der Waals surface area contributed by atoms with Crippen molar-refractivity contribution in [3.05, 3.63) is 82.6 Å². The van der Waals surface area contributed by atoms with Crippen LogP contribution in [0.25, 0.3) is 16.5 Å². The normalized spacial score (nSPS) is 11.1. The summed E-state index contributed by atoms with van der Waals surface area (Å²) in [5.74, 6) is 1.50. The van der Waals surface area contributed by atoms with Crippen molar-refractivity contribution in [1.29, 1.82) is 0 Å². The van der Waals surface area contributed by atoms with Crippen LogP contribution < -0.4 is 19.8 Å². The second kappa shape index (κ2) is 8.85. The number of pyridine rings is 1. The van der Waals surface area contributed by atoms with Crippen LogP contribution in [0.5, 0.6) is 23.1 Å². The zero-order chi connectivity index (χ0) is 22.7. The van der Waals surface area contributed by atoms with Crippen LogP contribution in [-0.2, 0) is 0 Å². The van der Waals surface area contributed by atoms with E-state index in [-0.39, 0.29) is 11.4 Å². The molecule has 0 spiro atoms. The van der Waals surface area contributed by atoms with Crippen LogP contribution >= 0.6 is 0 Å². The fourth-order valence-corrected chi connectivity index (χ4v) is 3.50. The minimum Gasteiger partial charge on any atom is -0.497 e. The van der Waals surface area contributed by atoms with Crippen LogP contribution in [-0.4, -0.2) is 37.2 Å². The Kier molecular flexibility index (Phi) is 5.81. The van der Waals surface area contributed by atoms with Gasteiger partial charge in [0.15, 0.2) is 0 Å². The van der Waals surface area contributed by atoms with Gasteiger partial charge in [-0.1, -0.05) is 24.3 Å². The fourth-order valence-electron chi connectivity index (χ4n) is 3.50. The van der Waals surface area contributed by atoms with Crippen molar-refractivity contribution in [3.63, 3.8) is 0 Å². The van der Waals surface area contributed by atoms with Gasteiger partial charge in [-0.2, -0.15) is 0 Å². The topological polar surface area (TPSA) is 82.3 Å². The first-order chi connectivity index (χ1) is 15.6. The number of methoxy groups -OCH3 is 3. The Morgan fingerprint density at radius 3 is 2.28 bits per heavy atom. The van der Waals surface area contributed by atoms with E-state index in [4.69, 9.17) is 14.2 Å². The van der Waals surface area contributed by atoms with E-state index >= 15 is 0 Å². The number of aromatic hydroxyl groups is 1. The average Bonchev–Trinajstić information content (AvgIpc) is 2.84. The zero-order valence-corrected chi connectivity index (χ0v) is 17.9. The third-order valence-electron chi connectivity index (χ3n) is 5.13. The van der Waals surface area contributed by atoms with Gasteiger partial charge >= 0.3 is 0 Å². The molecule has 0 amide bonds. The fraction of sp³-hybridized carbons (Fsp3) is 0.120. The average molecular weight is 430 g/mol. The molecular formula is C25H22N2O5. The van der Waals surface area contributed by atoms with Crippen molar-refractivity contribution >= 4 is 22.7 Å². The molecule has 7 nitrogen and oxygen atoms in total. The largest absolute Gasteiger partial charge is 0.497 e. The predicted molar refractivity (Wildman–Crippen MR) is 125 cm³/mol. The van der Waals surface area contributed by atoms with Crippen LogP contribution in [0.15, 0.2) is 76.5 Å². The number of fused-ring (bicyclic) bond motifs is 1. The second-order valence-corrected chi connectivity index (χ2v) is 6.92. The van der Waals surface area contributed by atoms with Gasteiger partial charge in [0.1, 0.15) is 22.9 Å². The predicted octanol–water partition coefficient (Wildman–Crippen LogP) is 4.47. The number of benzene rings is 3. The van der Waals surface area contributed by atoms with Gasteiger partial charge in [0.2, 0.25) is 5.88 Å². The highest BCUT2D eigenvalue weighted by Crippen LogP contribution is 2.33. The summed E-state index contributed by atoms with van der Waals surface area (Å²) in [7, 11) is 4.66. The van der Waals surface area contributed by atoms with Crippen molar-refractivity contribution in [3.8, 4) is 28.8 Å². The lowest BCUT2D eigenvalue weighted by molar-refractivity contribution is 0.395. The summed E-state index contributed by atoms with van der Waals surface area (Å²) < 4.78 is 17.2. The summed E-state index contributed by atoms with van der Waals surface area (Å²) in [6.07, 6.45) is 1.53. The van der Waals surface area contributed by atoms with Crippen molar-refractivity contribution in [2.24, 2.45) is 4.99 Å². The lowest BCUT2D eigenvalue weighted by Gasteiger charge is -2.14. The van der Waals surface area contributed by atoms with Gasteiger partial charge in [-0.15, -0.1) is 0 Å². The summed E-state index contributed by atoms with van der Waals surface area (Å²) in [5, 5.41) is 12.2. The molecule has 1 heterocycles. The van der Waals surface area contributed by atoms with E-state index in [1.54, 1.807) is 82.0 Å². The number of nitrogens with zero attached hydrogens (tertiary/aromatic N) is 2. The van der Waals surface area contributed by atoms with Crippen LogP contribution in [0.1, 0.15) is 5.56 Å². The Bertz CT molecular complexity index is 1370. The van der Waals surface area contributed by atoms with Gasteiger partial charge in [-0.05, 0) is 30.3 Å². The van der Waals surface area contributed by atoms with E-state index in [1.165, 1.54) is 10.8 Å². The van der Waals surface area contributed by atoms with Crippen molar-refractivity contribution in [2.75, 3.05) is 21.3 Å². The van der Waals surface area contributed by atoms with Gasteiger partial charge in [0.25, 0.3) is 5.56 Å². The standard InChI is InChI=1S/C25H22N2O5/c1-30-17-8-6-7-16(13-17)27-24(28)20-10-5-4-9-19(20)21(25(27)29)15-26-22-12-11-18(31-2)14-23(22)32-3/h4-15,29H,1-3H3. The van der Waals surface area contributed by atoms with E-state index in [2.05, 4.69) is 4.99 Å². The van der Waals surface area contributed by atoms with E-state index in [9.17, 15) is 9.90 Å². The first-order valence-corrected chi connectivity index (χ1v) is 9.84. The van der Waals surface area contributed by atoms with Crippen molar-refractivity contribution < 1.29 is 19.3 Å². The lowest BCUT2D eigenvalue weighted by Crippen LogP contribution is -2.20. The third kappa shape index (κ3) is 3.76. The molecule has 0 aliphatic heterocycles. The Morgan fingerprint density at radius 2 is 1.56 bits per heavy atom. The van der Waals surface area contributed by atoms with Gasteiger partial charge in [0, 0.05) is 29.1 Å². The van der Waals surface area contributed by atoms with Gasteiger partial charge in [0.05, 0.1) is 32.6 Å². The first-order valence-electron chi connectivity index (χ1n) is 9.84. The maximum atomic E-state index is 13.2. The second-order valence-electron chi connectivity index (χ2n) is 6.92. The monoisotopic (exact) mass is 430 g/mol. The smallest absolute Gasteiger partial charge is 0.265 e. The molecule has 1 aromatic heterocycles. The minimum absolute atomic E-state index is 0.224. The molecule has 0 unspecified atom stereocenters. The van der Waals surface area contributed by atoms with Crippen LogP contribution in [0, 0.1) is 0 Å². The number of aromatic nitrogens is 1. The highest BCUT2D eigenvalue weighted by atomic mass is 16.5. The van der Waals surface area contributed by atoms with Crippen molar-refractivity contribution in [1.82, 2.24) is 4.57 Å². The number of hydrogen-bond acceptors (Lipinski definition) is 6. The molecule has 162 valence electrons. The maximum Gasteiger partial charge on any atom is 0.265 e. The Hall–Kier alpha value is -4.26. The Labute approximate surface area is 184 Å². The summed E-state index contributed by atoms with van der Waals surface area (Å²) in [6, 6.07) is 19.3. The molecule has 0 saturated heterocycles. The molecule has 32 heavy (non-hydrogen) atoms. The molecule has 1 N–H and O–H groups in total. The molecule has 3 aromatic carbocycles. The summed E-state index contributed by atoms with van der Waals surface area (Å²) in [6.45, 7) is 0. The van der Waals surface area contributed by atoms with E-state index in [1.807, 2.05) is 6.07 Å². The van der Waals surface area contributed by atoms with Crippen LogP contribution in [0.2, 0.25) is 0 Å². The molecule has 4 aromatic rings. The van der Waals surface area contributed by atoms with Gasteiger partial charge in [-0.25, -0.2) is 4.57 Å². The number of aliphatic imine (C=N–C) groups is 1. The highest BCUT2D eigenvalue weighted by Gasteiger charge is 2.17. The summed E-state index contributed by atoms with van der Waals surface area (Å²) in [5.41, 5.74) is 1.09. The Morgan fingerprint density at radius 1 is 0.844 bits per heavy atom. The van der Waals surface area contributed by atoms with Gasteiger partial charge < -0.3 is 19.3 Å².